The number of nitrogens with one attached hydrogen (secondary N) is 1. The lowest BCUT2D eigenvalue weighted by Gasteiger charge is -2.26. The summed E-state index contributed by atoms with van der Waals surface area (Å²) in [6, 6.07) is 9.37. The Morgan fingerprint density at radius 1 is 1.08 bits per heavy atom. The summed E-state index contributed by atoms with van der Waals surface area (Å²) in [5.41, 5.74) is 3.18. The lowest BCUT2D eigenvalue weighted by atomic mass is 10.0. The Morgan fingerprint density at radius 2 is 1.86 bits per heavy atom. The van der Waals surface area contributed by atoms with Crippen LogP contribution in [0.25, 0.3) is 17.0 Å². The maximum atomic E-state index is 9.76. The molecule has 2 aromatic carbocycles. The number of aromatic nitrogens is 1. The van der Waals surface area contributed by atoms with E-state index in [0.717, 1.165) is 68.6 Å². The van der Waals surface area contributed by atoms with Crippen LogP contribution in [0, 0.1) is 11.3 Å². The molecule has 1 fully saturated rings. The van der Waals surface area contributed by atoms with Crippen LogP contribution in [0.2, 0.25) is 10.0 Å². The largest absolute Gasteiger partial charge is 0.496 e. The molecule has 7 nitrogen and oxygen atoms in total. The van der Waals surface area contributed by atoms with Crippen molar-refractivity contribution >= 4 is 51.6 Å². The van der Waals surface area contributed by atoms with E-state index in [2.05, 4.69) is 33.4 Å². The van der Waals surface area contributed by atoms with Crippen LogP contribution in [-0.4, -0.2) is 57.0 Å². The molecule has 0 aliphatic carbocycles. The van der Waals surface area contributed by atoms with Gasteiger partial charge in [-0.25, -0.2) is 0 Å². The molecule has 1 aliphatic rings. The van der Waals surface area contributed by atoms with Gasteiger partial charge >= 0.3 is 0 Å². The van der Waals surface area contributed by atoms with E-state index >= 15 is 0 Å². The van der Waals surface area contributed by atoms with Crippen LogP contribution in [0.3, 0.4) is 0 Å². The van der Waals surface area contributed by atoms with Crippen molar-refractivity contribution in [1.29, 1.82) is 5.26 Å². The zero-order valence-electron chi connectivity index (χ0n) is 21.0. The number of unbranched alkanes of at least 4 members (excludes halogenated alkanes) is 2. The quantitative estimate of drug-likeness (QED) is 0.287. The second kappa shape index (κ2) is 13.0. The Hall–Kier alpha value is -3.02. The number of allylic oxidation sites excluding steroid dienone is 1. The number of anilines is 2. The van der Waals surface area contributed by atoms with Gasteiger partial charge in [0.2, 0.25) is 0 Å². The Morgan fingerprint density at radius 3 is 2.59 bits per heavy atom. The van der Waals surface area contributed by atoms with E-state index in [0.29, 0.717) is 38.5 Å². The first-order chi connectivity index (χ1) is 18.0. The van der Waals surface area contributed by atoms with Crippen LogP contribution >= 0.6 is 23.2 Å². The normalized spacial score (nSPS) is 14.1. The molecule has 0 unspecified atom stereocenters. The predicted octanol–water partition coefficient (Wildman–Crippen LogP) is 6.69. The molecule has 0 saturated carbocycles. The lowest BCUT2D eigenvalue weighted by Crippen LogP contribution is -2.36. The maximum Gasteiger partial charge on any atom is 0.139 e. The number of nitrogens with zero attached hydrogens (tertiary/aromatic N) is 3. The minimum atomic E-state index is 0.378. The third-order valence-corrected chi connectivity index (χ3v) is 6.95. The van der Waals surface area contributed by atoms with Crippen LogP contribution < -0.4 is 14.8 Å². The van der Waals surface area contributed by atoms with Gasteiger partial charge in [0.15, 0.2) is 0 Å². The van der Waals surface area contributed by atoms with Crippen LogP contribution in [0.1, 0.15) is 30.4 Å². The van der Waals surface area contributed by atoms with E-state index in [1.54, 1.807) is 25.4 Å². The number of fused-ring (bicyclic) bond motifs is 1. The minimum Gasteiger partial charge on any atom is -0.496 e. The summed E-state index contributed by atoms with van der Waals surface area (Å²) in [5, 5.41) is 14.6. The Balaban J connectivity index is 1.55. The van der Waals surface area contributed by atoms with Crippen LogP contribution in [0.15, 0.2) is 36.5 Å². The van der Waals surface area contributed by atoms with Crippen molar-refractivity contribution in [3.05, 3.63) is 57.7 Å². The summed E-state index contributed by atoms with van der Waals surface area (Å²) < 4.78 is 16.4. The molecule has 0 amide bonds. The van der Waals surface area contributed by atoms with Crippen molar-refractivity contribution in [3.8, 4) is 17.6 Å². The number of hydrogen-bond acceptors (Lipinski definition) is 7. The monoisotopic (exact) mass is 540 g/mol. The highest BCUT2D eigenvalue weighted by Gasteiger charge is 2.16. The first kappa shape index (κ1) is 27.0. The van der Waals surface area contributed by atoms with E-state index in [4.69, 9.17) is 37.4 Å². The van der Waals surface area contributed by atoms with Crippen molar-refractivity contribution in [2.45, 2.75) is 19.3 Å². The molecule has 1 N–H and O–H groups in total. The highest BCUT2D eigenvalue weighted by Crippen LogP contribution is 2.39. The summed E-state index contributed by atoms with van der Waals surface area (Å²) in [4.78, 5) is 6.98. The number of hydrogen-bond donors (Lipinski definition) is 1. The number of methoxy groups -OCH3 is 2. The standard InChI is InChI=1S/C28H30Cl2N4O3/c1-35-26-14-21-24(13-19(26)7-5-3-4-6-8-34-9-11-37-12-10-34)32-18-20(17-31)28(21)33-25-16-27(36-2)23(30)15-22(25)29/h5,7,13-16,18H,3-4,6,8-12H2,1-2H3,(H,32,33)/b7-5+. The molecular formula is C28H30Cl2N4O3. The van der Waals surface area contributed by atoms with Crippen molar-refractivity contribution in [3.63, 3.8) is 0 Å². The third-order valence-electron chi connectivity index (χ3n) is 6.34. The number of rotatable bonds is 10. The van der Waals surface area contributed by atoms with Gasteiger partial charge < -0.3 is 19.5 Å². The molecule has 0 atom stereocenters. The van der Waals surface area contributed by atoms with E-state index in [9.17, 15) is 5.26 Å². The summed E-state index contributed by atoms with van der Waals surface area (Å²) in [7, 11) is 3.17. The van der Waals surface area contributed by atoms with Gasteiger partial charge in [0.05, 0.1) is 59.9 Å². The molecule has 0 radical (unpaired) electrons. The molecule has 1 aliphatic heterocycles. The molecule has 1 saturated heterocycles. The Labute approximate surface area is 227 Å². The fourth-order valence-corrected chi connectivity index (χ4v) is 4.82. The summed E-state index contributed by atoms with van der Waals surface area (Å²) in [5.74, 6) is 1.16. The summed E-state index contributed by atoms with van der Waals surface area (Å²) >= 11 is 12.6. The Bertz CT molecular complexity index is 1320. The van der Waals surface area contributed by atoms with Gasteiger partial charge in [0.25, 0.3) is 0 Å². The fourth-order valence-electron chi connectivity index (χ4n) is 4.31. The maximum absolute atomic E-state index is 9.76. The third kappa shape index (κ3) is 6.65. The first-order valence-electron chi connectivity index (χ1n) is 12.2. The van der Waals surface area contributed by atoms with Crippen molar-refractivity contribution in [2.75, 3.05) is 52.4 Å². The molecule has 37 heavy (non-hydrogen) atoms. The zero-order valence-corrected chi connectivity index (χ0v) is 22.5. The van der Waals surface area contributed by atoms with Gasteiger partial charge in [-0.15, -0.1) is 0 Å². The van der Waals surface area contributed by atoms with Gasteiger partial charge in [-0.2, -0.15) is 5.26 Å². The highest BCUT2D eigenvalue weighted by atomic mass is 35.5. The van der Waals surface area contributed by atoms with Gasteiger partial charge in [-0.1, -0.05) is 35.4 Å². The van der Waals surface area contributed by atoms with E-state index in [1.807, 2.05) is 12.1 Å². The second-order valence-electron chi connectivity index (χ2n) is 8.71. The van der Waals surface area contributed by atoms with E-state index < -0.39 is 0 Å². The average Bonchev–Trinajstić information content (AvgIpc) is 2.92. The Kier molecular flexibility index (Phi) is 9.48. The molecular weight excluding hydrogens is 511 g/mol. The SMILES string of the molecule is COc1cc(Nc2c(C#N)cnc3cc(/C=C/CCCCN4CCOCC4)c(OC)cc23)c(Cl)cc1Cl. The van der Waals surface area contributed by atoms with Gasteiger partial charge in [-0.05, 0) is 44.0 Å². The molecule has 194 valence electrons. The molecule has 4 rings (SSSR count). The number of nitriles is 1. The molecule has 1 aromatic heterocycles. The van der Waals surface area contributed by atoms with Gasteiger partial charge in [0, 0.05) is 36.3 Å². The number of morpholine rings is 1. The molecule has 0 spiro atoms. The topological polar surface area (TPSA) is 79.6 Å². The van der Waals surface area contributed by atoms with Crippen LogP contribution in [-0.2, 0) is 4.74 Å². The van der Waals surface area contributed by atoms with Crippen LogP contribution in [0.5, 0.6) is 11.5 Å². The van der Waals surface area contributed by atoms with Gasteiger partial charge in [-0.3, -0.25) is 9.88 Å². The fraction of sp³-hybridized carbons (Fsp3) is 0.357. The number of pyridine rings is 1. The number of ether oxygens (including phenoxy) is 3. The second-order valence-corrected chi connectivity index (χ2v) is 9.53. The average molecular weight is 541 g/mol. The number of benzene rings is 2. The molecule has 0 bridgehead atoms. The molecule has 3 aromatic rings. The summed E-state index contributed by atoms with van der Waals surface area (Å²) in [6.07, 6.45) is 9.05. The van der Waals surface area contributed by atoms with E-state index in [1.165, 1.54) is 7.11 Å². The number of halogens is 2. The summed E-state index contributed by atoms with van der Waals surface area (Å²) in [6.45, 7) is 4.84. The van der Waals surface area contributed by atoms with Crippen LogP contribution in [0.4, 0.5) is 11.4 Å². The predicted molar refractivity (Wildman–Crippen MR) is 149 cm³/mol. The first-order valence-corrected chi connectivity index (χ1v) is 13.0. The molecule has 9 heteroatoms. The highest BCUT2D eigenvalue weighted by molar-refractivity contribution is 6.37. The van der Waals surface area contributed by atoms with Gasteiger partial charge in [0.1, 0.15) is 17.6 Å². The lowest BCUT2D eigenvalue weighted by molar-refractivity contribution is 0.0372. The van der Waals surface area contributed by atoms with Crippen molar-refractivity contribution < 1.29 is 14.2 Å². The van der Waals surface area contributed by atoms with Crippen molar-refractivity contribution in [2.24, 2.45) is 0 Å². The smallest absolute Gasteiger partial charge is 0.139 e. The minimum absolute atomic E-state index is 0.378. The van der Waals surface area contributed by atoms with E-state index in [-0.39, 0.29) is 0 Å². The van der Waals surface area contributed by atoms with Crippen molar-refractivity contribution in [1.82, 2.24) is 9.88 Å². The zero-order chi connectivity index (χ0) is 26.2. The molecule has 2 heterocycles.